The van der Waals surface area contributed by atoms with Crippen molar-refractivity contribution in [3.63, 3.8) is 0 Å². The van der Waals surface area contributed by atoms with E-state index in [1.165, 1.54) is 6.08 Å². The van der Waals surface area contributed by atoms with Crippen molar-refractivity contribution in [1.29, 1.82) is 0 Å². The minimum Gasteiger partial charge on any atom is -0.497 e. The maximum atomic E-state index is 12.3. The number of ether oxygens (including phenoxy) is 3. The van der Waals surface area contributed by atoms with Crippen LogP contribution in [-0.4, -0.2) is 26.7 Å². The molecule has 5 nitrogen and oxygen atoms in total. The summed E-state index contributed by atoms with van der Waals surface area (Å²) in [5.41, 5.74) is 1.91. The Labute approximate surface area is 161 Å². The average Bonchev–Trinajstić information content (AvgIpc) is 2.71. The largest absolute Gasteiger partial charge is 0.497 e. The van der Waals surface area contributed by atoms with Crippen molar-refractivity contribution in [2.45, 2.75) is 26.3 Å². The Balaban J connectivity index is 2.05. The summed E-state index contributed by atoms with van der Waals surface area (Å²) in [5.74, 6) is 1.98. The molecule has 1 N–H and O–H groups in total. The van der Waals surface area contributed by atoms with Gasteiger partial charge in [0.25, 0.3) is 0 Å². The van der Waals surface area contributed by atoms with Crippen LogP contribution in [0.3, 0.4) is 0 Å². The molecule has 1 atom stereocenters. The van der Waals surface area contributed by atoms with E-state index >= 15 is 0 Å². The van der Waals surface area contributed by atoms with E-state index in [1.807, 2.05) is 56.3 Å². The number of methoxy groups -OCH3 is 2. The van der Waals surface area contributed by atoms with E-state index < -0.39 is 0 Å². The fraction of sp³-hybridized carbons (Fsp3) is 0.318. The van der Waals surface area contributed by atoms with Gasteiger partial charge in [-0.3, -0.25) is 4.79 Å². The molecular weight excluding hydrogens is 342 g/mol. The highest BCUT2D eigenvalue weighted by atomic mass is 16.5. The van der Waals surface area contributed by atoms with E-state index in [9.17, 15) is 4.79 Å². The van der Waals surface area contributed by atoms with Crippen LogP contribution < -0.4 is 19.5 Å². The minimum atomic E-state index is -0.147. The molecule has 0 radical (unpaired) electrons. The molecule has 2 aromatic rings. The second kappa shape index (κ2) is 10.3. The molecule has 0 aliphatic rings. The van der Waals surface area contributed by atoms with Crippen molar-refractivity contribution in [1.82, 2.24) is 5.32 Å². The van der Waals surface area contributed by atoms with E-state index in [-0.39, 0.29) is 11.9 Å². The lowest BCUT2D eigenvalue weighted by Crippen LogP contribution is -2.26. The summed E-state index contributed by atoms with van der Waals surface area (Å²) in [6.45, 7) is 4.50. The first-order chi connectivity index (χ1) is 13.1. The molecular formula is C22H27NO4. The molecule has 0 saturated carbocycles. The molecule has 1 amide bonds. The zero-order valence-electron chi connectivity index (χ0n) is 16.3. The van der Waals surface area contributed by atoms with Gasteiger partial charge in [-0.25, -0.2) is 0 Å². The molecule has 0 bridgehead atoms. The fourth-order valence-corrected chi connectivity index (χ4v) is 2.71. The molecule has 0 aromatic heterocycles. The third kappa shape index (κ3) is 5.78. The monoisotopic (exact) mass is 369 g/mol. The molecule has 2 aromatic carbocycles. The number of hydrogen-bond acceptors (Lipinski definition) is 4. The average molecular weight is 369 g/mol. The van der Waals surface area contributed by atoms with Gasteiger partial charge in [0.2, 0.25) is 5.91 Å². The summed E-state index contributed by atoms with van der Waals surface area (Å²) in [6.07, 6.45) is 4.09. The number of amides is 1. The molecule has 5 heteroatoms. The summed E-state index contributed by atoms with van der Waals surface area (Å²) in [5, 5.41) is 3.03. The lowest BCUT2D eigenvalue weighted by molar-refractivity contribution is -0.117. The number of carbonyl (C=O) groups excluding carboxylic acids is 1. The second-order valence-corrected chi connectivity index (χ2v) is 5.92. The number of carbonyl (C=O) groups is 1. The Kier molecular flexibility index (Phi) is 7.74. The smallest absolute Gasteiger partial charge is 0.244 e. The van der Waals surface area contributed by atoms with Gasteiger partial charge in [0.05, 0.1) is 26.9 Å². The van der Waals surface area contributed by atoms with E-state index in [0.29, 0.717) is 18.1 Å². The van der Waals surface area contributed by atoms with Crippen molar-refractivity contribution < 1.29 is 19.0 Å². The van der Waals surface area contributed by atoms with Crippen LogP contribution in [0.1, 0.15) is 37.4 Å². The van der Waals surface area contributed by atoms with Crippen molar-refractivity contribution in [3.05, 3.63) is 59.7 Å². The molecule has 0 spiro atoms. The molecule has 27 heavy (non-hydrogen) atoms. The summed E-state index contributed by atoms with van der Waals surface area (Å²) in [7, 11) is 3.24. The van der Waals surface area contributed by atoms with Crippen LogP contribution in [0.2, 0.25) is 0 Å². The Bertz CT molecular complexity index is 768. The molecule has 2 rings (SSSR count). The first-order valence-corrected chi connectivity index (χ1v) is 9.04. The lowest BCUT2D eigenvalue weighted by atomic mass is 10.0. The first-order valence-electron chi connectivity index (χ1n) is 9.04. The Morgan fingerprint density at radius 1 is 1.04 bits per heavy atom. The number of hydrogen-bond donors (Lipinski definition) is 1. The van der Waals surface area contributed by atoms with Gasteiger partial charge in [-0.15, -0.1) is 0 Å². The van der Waals surface area contributed by atoms with Crippen molar-refractivity contribution in [2.24, 2.45) is 0 Å². The molecule has 0 aliphatic heterocycles. The summed E-state index contributed by atoms with van der Waals surface area (Å²) in [6, 6.07) is 13.2. The van der Waals surface area contributed by atoms with Crippen LogP contribution in [0.4, 0.5) is 0 Å². The summed E-state index contributed by atoms with van der Waals surface area (Å²) < 4.78 is 16.0. The lowest BCUT2D eigenvalue weighted by Gasteiger charge is -2.16. The molecule has 0 heterocycles. The van der Waals surface area contributed by atoms with Gasteiger partial charge in [-0.2, -0.15) is 0 Å². The van der Waals surface area contributed by atoms with Crippen molar-refractivity contribution in [2.75, 3.05) is 20.8 Å². The topological polar surface area (TPSA) is 56.8 Å². The zero-order valence-corrected chi connectivity index (χ0v) is 16.3. The Morgan fingerprint density at radius 2 is 1.78 bits per heavy atom. The Morgan fingerprint density at radius 3 is 2.37 bits per heavy atom. The number of nitrogens with one attached hydrogen (secondary N) is 1. The van der Waals surface area contributed by atoms with Crippen LogP contribution in [-0.2, 0) is 4.79 Å². The summed E-state index contributed by atoms with van der Waals surface area (Å²) in [4.78, 5) is 12.3. The molecule has 1 unspecified atom stereocenters. The maximum absolute atomic E-state index is 12.3. The predicted molar refractivity (Wildman–Crippen MR) is 107 cm³/mol. The second-order valence-electron chi connectivity index (χ2n) is 5.92. The first kappa shape index (κ1) is 20.4. The van der Waals surface area contributed by atoms with Crippen LogP contribution in [0.25, 0.3) is 6.08 Å². The van der Waals surface area contributed by atoms with Crippen LogP contribution in [0.5, 0.6) is 17.2 Å². The third-order valence-corrected chi connectivity index (χ3v) is 4.16. The SMILES string of the molecule is CCOc1cc(/C=C/C(=O)NC(CC)c2ccc(OC)cc2)ccc1OC. The van der Waals surface area contributed by atoms with Crippen molar-refractivity contribution in [3.8, 4) is 17.2 Å². The molecule has 144 valence electrons. The standard InChI is InChI=1S/C22H27NO4/c1-5-19(17-9-11-18(25-3)12-10-17)23-22(24)14-8-16-7-13-20(26-4)21(15-16)27-6-2/h7-15,19H,5-6H2,1-4H3,(H,23,24)/b14-8+. The van der Waals surface area contributed by atoms with E-state index in [2.05, 4.69) is 5.32 Å². The molecule has 0 fully saturated rings. The van der Waals surface area contributed by atoms with Gasteiger partial charge in [0.15, 0.2) is 11.5 Å². The van der Waals surface area contributed by atoms with Gasteiger partial charge >= 0.3 is 0 Å². The Hall–Kier alpha value is -2.95. The molecule has 0 saturated heterocycles. The zero-order chi connectivity index (χ0) is 19.6. The number of rotatable bonds is 9. The quantitative estimate of drug-likeness (QED) is 0.666. The highest BCUT2D eigenvalue weighted by Crippen LogP contribution is 2.28. The minimum absolute atomic E-state index is 0.0529. The van der Waals surface area contributed by atoms with Gasteiger partial charge in [-0.05, 0) is 54.8 Å². The van der Waals surface area contributed by atoms with E-state index in [4.69, 9.17) is 14.2 Å². The van der Waals surface area contributed by atoms with Gasteiger partial charge < -0.3 is 19.5 Å². The van der Waals surface area contributed by atoms with Crippen LogP contribution >= 0.6 is 0 Å². The molecule has 0 aliphatic carbocycles. The fourth-order valence-electron chi connectivity index (χ4n) is 2.71. The van der Waals surface area contributed by atoms with E-state index in [1.54, 1.807) is 20.3 Å². The number of benzene rings is 2. The predicted octanol–water partition coefficient (Wildman–Crippen LogP) is 4.38. The normalized spacial score (nSPS) is 11.9. The van der Waals surface area contributed by atoms with Crippen LogP contribution in [0.15, 0.2) is 48.5 Å². The summed E-state index contributed by atoms with van der Waals surface area (Å²) >= 11 is 0. The third-order valence-electron chi connectivity index (χ3n) is 4.16. The van der Waals surface area contributed by atoms with E-state index in [0.717, 1.165) is 23.3 Å². The van der Waals surface area contributed by atoms with Crippen molar-refractivity contribution >= 4 is 12.0 Å². The highest BCUT2D eigenvalue weighted by molar-refractivity contribution is 5.92. The van der Waals surface area contributed by atoms with Gasteiger partial charge in [0.1, 0.15) is 5.75 Å². The van der Waals surface area contributed by atoms with Gasteiger partial charge in [-0.1, -0.05) is 25.1 Å². The van der Waals surface area contributed by atoms with Crippen LogP contribution in [0, 0.1) is 0 Å². The maximum Gasteiger partial charge on any atom is 0.244 e. The highest BCUT2D eigenvalue weighted by Gasteiger charge is 2.11. The van der Waals surface area contributed by atoms with Gasteiger partial charge in [0, 0.05) is 6.08 Å².